The molecule has 1 N–H and O–H groups in total. The van der Waals surface area contributed by atoms with E-state index in [4.69, 9.17) is 0 Å². The van der Waals surface area contributed by atoms with Crippen LogP contribution in [0.5, 0.6) is 0 Å². The maximum atomic E-state index is 13.6. The van der Waals surface area contributed by atoms with Crippen molar-refractivity contribution in [3.63, 3.8) is 0 Å². The first-order valence-electron chi connectivity index (χ1n) is 10.6. The highest BCUT2D eigenvalue weighted by atomic mass is 16.1. The highest BCUT2D eigenvalue weighted by Crippen LogP contribution is 2.80. The Balaban J connectivity index is 1.39. The van der Waals surface area contributed by atoms with Crippen molar-refractivity contribution in [2.24, 2.45) is 29.1 Å². The van der Waals surface area contributed by atoms with Gasteiger partial charge < -0.3 is 5.32 Å². The van der Waals surface area contributed by atoms with E-state index in [0.29, 0.717) is 23.5 Å². The Morgan fingerprint density at radius 2 is 1.85 bits per heavy atom. The Kier molecular flexibility index (Phi) is 2.97. The fraction of sp³-hybridized carbons (Fsp3) is 0.480. The lowest BCUT2D eigenvalue weighted by Crippen LogP contribution is -2.38. The second-order valence-corrected chi connectivity index (χ2v) is 9.82. The summed E-state index contributed by atoms with van der Waals surface area (Å²) in [5.74, 6) is 3.25. The van der Waals surface area contributed by atoms with E-state index in [9.17, 15) is 4.79 Å². The van der Waals surface area contributed by atoms with Crippen LogP contribution in [0.1, 0.15) is 55.5 Å². The number of anilines is 2. The molecular formula is C25H27NO. The van der Waals surface area contributed by atoms with Gasteiger partial charge in [-0.15, -0.1) is 0 Å². The summed E-state index contributed by atoms with van der Waals surface area (Å²) in [7, 11) is 0. The molecule has 138 valence electrons. The van der Waals surface area contributed by atoms with Gasteiger partial charge in [0.2, 0.25) is 0 Å². The van der Waals surface area contributed by atoms with Crippen molar-refractivity contribution in [1.82, 2.24) is 0 Å². The summed E-state index contributed by atoms with van der Waals surface area (Å²) in [6, 6.07) is 16.7. The normalized spacial score (nSPS) is 38.3. The Morgan fingerprint density at radius 3 is 2.59 bits per heavy atom. The summed E-state index contributed by atoms with van der Waals surface area (Å²) >= 11 is 0. The Hall–Kier alpha value is -2.09. The highest BCUT2D eigenvalue weighted by molar-refractivity contribution is 6.07. The number of Topliss-reactive ketones (excluding diaryl/α,β-unsaturated/α-hetero) is 1. The maximum absolute atomic E-state index is 13.6. The second-order valence-electron chi connectivity index (χ2n) is 9.82. The number of para-hydroxylation sites is 1. The first-order chi connectivity index (χ1) is 13.0. The standard InChI is InChI=1S/C25H27NO/c1-15-22-21(12-16-8-9-16)25(22)14-24(15,2)20-13-18(10-11-19(20)23(25)27)26-17-6-4-3-5-7-17/h3-7,10-11,13,15-16,21-22,26H,8-9,12,14H2,1-2H3. The molecular weight excluding hydrogens is 330 g/mol. The van der Waals surface area contributed by atoms with Gasteiger partial charge in [-0.3, -0.25) is 4.79 Å². The van der Waals surface area contributed by atoms with Crippen LogP contribution >= 0.6 is 0 Å². The summed E-state index contributed by atoms with van der Waals surface area (Å²) in [5.41, 5.74) is 4.60. The molecule has 3 saturated carbocycles. The Bertz CT molecular complexity index is 946. The van der Waals surface area contributed by atoms with Crippen LogP contribution in [0.4, 0.5) is 11.4 Å². The topological polar surface area (TPSA) is 29.1 Å². The molecule has 0 saturated heterocycles. The van der Waals surface area contributed by atoms with Crippen molar-refractivity contribution in [2.45, 2.75) is 44.9 Å². The minimum atomic E-state index is -0.0157. The molecule has 2 aromatic rings. The zero-order valence-corrected chi connectivity index (χ0v) is 16.2. The van der Waals surface area contributed by atoms with Crippen molar-refractivity contribution in [2.75, 3.05) is 5.32 Å². The summed E-state index contributed by atoms with van der Waals surface area (Å²) in [5, 5.41) is 3.51. The van der Waals surface area contributed by atoms with E-state index in [1.165, 1.54) is 24.8 Å². The summed E-state index contributed by atoms with van der Waals surface area (Å²) in [6.07, 6.45) is 5.16. The van der Waals surface area contributed by atoms with Gasteiger partial charge in [-0.05, 0) is 77.8 Å². The van der Waals surface area contributed by atoms with Gasteiger partial charge in [-0.25, -0.2) is 0 Å². The van der Waals surface area contributed by atoms with E-state index in [1.807, 2.05) is 18.2 Å². The third-order valence-corrected chi connectivity index (χ3v) is 8.43. The first-order valence-corrected chi connectivity index (χ1v) is 10.6. The Labute approximate surface area is 161 Å². The summed E-state index contributed by atoms with van der Waals surface area (Å²) in [6.45, 7) is 4.83. The number of benzene rings is 2. The molecule has 5 atom stereocenters. The Morgan fingerprint density at radius 1 is 1.07 bits per heavy atom. The van der Waals surface area contributed by atoms with Gasteiger partial charge in [0.15, 0.2) is 5.78 Å². The number of carbonyl (C=O) groups excluding carboxylic acids is 1. The van der Waals surface area contributed by atoms with Crippen LogP contribution in [0.15, 0.2) is 48.5 Å². The highest BCUT2D eigenvalue weighted by Gasteiger charge is 2.80. The van der Waals surface area contributed by atoms with Crippen LogP contribution in [0.3, 0.4) is 0 Å². The van der Waals surface area contributed by atoms with Gasteiger partial charge in [-0.1, -0.05) is 44.9 Å². The average molecular weight is 357 g/mol. The zero-order valence-electron chi connectivity index (χ0n) is 16.2. The average Bonchev–Trinajstić information content (AvgIpc) is 3.58. The van der Waals surface area contributed by atoms with Gasteiger partial charge in [-0.2, -0.15) is 0 Å². The van der Waals surface area contributed by atoms with Gasteiger partial charge in [0.25, 0.3) is 0 Å². The van der Waals surface area contributed by atoms with E-state index in [0.717, 1.165) is 29.3 Å². The maximum Gasteiger partial charge on any atom is 0.169 e. The largest absolute Gasteiger partial charge is 0.356 e. The number of nitrogens with one attached hydrogen (secondary N) is 1. The van der Waals surface area contributed by atoms with Crippen LogP contribution in [-0.4, -0.2) is 5.78 Å². The smallest absolute Gasteiger partial charge is 0.169 e. The fourth-order valence-electron chi connectivity index (χ4n) is 6.80. The molecule has 0 aromatic heterocycles. The van der Waals surface area contributed by atoms with E-state index in [2.05, 4.69) is 49.5 Å². The molecule has 1 spiro atoms. The predicted octanol–water partition coefficient (Wildman–Crippen LogP) is 5.96. The van der Waals surface area contributed by atoms with E-state index >= 15 is 0 Å². The minimum Gasteiger partial charge on any atom is -0.356 e. The molecule has 0 aliphatic heterocycles. The number of hydrogen-bond donors (Lipinski definition) is 1. The van der Waals surface area contributed by atoms with E-state index in [1.54, 1.807) is 0 Å². The molecule has 4 aliphatic carbocycles. The van der Waals surface area contributed by atoms with Crippen molar-refractivity contribution in [3.05, 3.63) is 59.7 Å². The van der Waals surface area contributed by atoms with Crippen molar-refractivity contribution in [1.29, 1.82) is 0 Å². The molecule has 2 nitrogen and oxygen atoms in total. The van der Waals surface area contributed by atoms with Crippen LogP contribution in [0.25, 0.3) is 0 Å². The summed E-state index contributed by atoms with van der Waals surface area (Å²) < 4.78 is 0. The molecule has 0 radical (unpaired) electrons. The van der Waals surface area contributed by atoms with Gasteiger partial charge in [0, 0.05) is 22.4 Å². The SMILES string of the molecule is CC1C2C(CC3CC3)C23CC1(C)c1cc(Nc2ccccc2)ccc1C3=O. The predicted molar refractivity (Wildman–Crippen MR) is 108 cm³/mol. The molecule has 2 bridgehead atoms. The molecule has 0 amide bonds. The van der Waals surface area contributed by atoms with Crippen LogP contribution < -0.4 is 5.32 Å². The van der Waals surface area contributed by atoms with Crippen molar-refractivity contribution >= 4 is 17.2 Å². The quantitative estimate of drug-likeness (QED) is 0.732. The third kappa shape index (κ3) is 1.99. The number of fused-ring (bicyclic) bond motifs is 3. The molecule has 2 heteroatoms. The minimum absolute atomic E-state index is 0.0157. The first kappa shape index (κ1) is 15.9. The van der Waals surface area contributed by atoms with Crippen LogP contribution in [0.2, 0.25) is 0 Å². The van der Waals surface area contributed by atoms with Gasteiger partial charge >= 0.3 is 0 Å². The van der Waals surface area contributed by atoms with E-state index in [-0.39, 0.29) is 10.8 Å². The molecule has 4 aliphatic rings. The lowest BCUT2D eigenvalue weighted by atomic mass is 9.63. The molecule has 5 unspecified atom stereocenters. The number of hydrogen-bond acceptors (Lipinski definition) is 2. The molecule has 0 heterocycles. The summed E-state index contributed by atoms with van der Waals surface area (Å²) in [4.78, 5) is 13.6. The van der Waals surface area contributed by atoms with Crippen molar-refractivity contribution in [3.8, 4) is 0 Å². The van der Waals surface area contributed by atoms with E-state index < -0.39 is 0 Å². The molecule has 2 aromatic carbocycles. The molecule has 6 rings (SSSR count). The molecule has 27 heavy (non-hydrogen) atoms. The lowest BCUT2D eigenvalue weighted by Gasteiger charge is -2.40. The third-order valence-electron chi connectivity index (χ3n) is 8.43. The monoisotopic (exact) mass is 357 g/mol. The second kappa shape index (κ2) is 5.04. The lowest BCUT2D eigenvalue weighted by molar-refractivity contribution is 0.0843. The van der Waals surface area contributed by atoms with Gasteiger partial charge in [0.1, 0.15) is 0 Å². The van der Waals surface area contributed by atoms with Crippen molar-refractivity contribution < 1.29 is 4.79 Å². The van der Waals surface area contributed by atoms with Crippen LogP contribution in [0, 0.1) is 29.1 Å². The number of carbonyl (C=O) groups is 1. The molecule has 3 fully saturated rings. The number of ketones is 1. The fourth-order valence-corrected chi connectivity index (χ4v) is 6.80. The zero-order chi connectivity index (χ0) is 18.4. The number of rotatable bonds is 4. The van der Waals surface area contributed by atoms with Crippen LogP contribution in [-0.2, 0) is 5.41 Å². The van der Waals surface area contributed by atoms with Gasteiger partial charge in [0.05, 0.1) is 0 Å².